The first-order valence-corrected chi connectivity index (χ1v) is 16.6. The molecule has 220 valence electrons. The number of hydrogen-bond acceptors (Lipinski definition) is 0. The minimum atomic E-state index is -0.120. The molecule has 0 bridgehead atoms. The van der Waals surface area contributed by atoms with Crippen LogP contribution in [0.15, 0.2) is 158 Å². The van der Waals surface area contributed by atoms with Gasteiger partial charge in [0.1, 0.15) is 0 Å². The fourth-order valence-electron chi connectivity index (χ4n) is 8.66. The van der Waals surface area contributed by atoms with Crippen LogP contribution in [0.5, 0.6) is 0 Å². The summed E-state index contributed by atoms with van der Waals surface area (Å²) in [6.45, 7) is 4.81. The highest BCUT2D eigenvalue weighted by molar-refractivity contribution is 6.28. The summed E-state index contributed by atoms with van der Waals surface area (Å²) in [4.78, 5) is 0. The molecule has 0 aromatic heterocycles. The van der Waals surface area contributed by atoms with Gasteiger partial charge in [-0.1, -0.05) is 159 Å². The largest absolute Gasteiger partial charge is 0.0616 e. The van der Waals surface area contributed by atoms with Crippen molar-refractivity contribution in [3.05, 3.63) is 169 Å². The summed E-state index contributed by atoms with van der Waals surface area (Å²) >= 11 is 0. The zero-order valence-corrected chi connectivity index (χ0v) is 26.5. The average molecular weight is 597 g/mol. The van der Waals surface area contributed by atoms with Gasteiger partial charge in [-0.05, 0) is 111 Å². The SMILES string of the molecule is CC1(C)c2cc(-c3c4ccccc4c(-c4ccc5ccccc5c4)c4c3ccc3ccccc34)ccc2-c2ccc3ccccc3c21. The lowest BCUT2D eigenvalue weighted by Gasteiger charge is -2.24. The minimum Gasteiger partial charge on any atom is -0.0616 e. The van der Waals surface area contributed by atoms with Crippen molar-refractivity contribution in [3.8, 4) is 33.4 Å². The molecule has 47 heavy (non-hydrogen) atoms. The Bertz CT molecular complexity index is 2760. The van der Waals surface area contributed by atoms with Crippen LogP contribution in [0, 0.1) is 0 Å². The van der Waals surface area contributed by atoms with Crippen LogP contribution in [-0.4, -0.2) is 0 Å². The van der Waals surface area contributed by atoms with Crippen molar-refractivity contribution < 1.29 is 0 Å². The average Bonchev–Trinajstić information content (AvgIpc) is 3.36. The maximum Gasteiger partial charge on any atom is 0.0165 e. The van der Waals surface area contributed by atoms with Crippen LogP contribution in [0.3, 0.4) is 0 Å². The highest BCUT2D eigenvalue weighted by Crippen LogP contribution is 2.53. The first-order chi connectivity index (χ1) is 23.1. The molecule has 10 rings (SSSR count). The highest BCUT2D eigenvalue weighted by atomic mass is 14.4. The lowest BCUT2D eigenvalue weighted by Crippen LogP contribution is -2.15. The fraction of sp³-hybridized carbons (Fsp3) is 0.0638. The zero-order chi connectivity index (χ0) is 31.3. The Hall–Kier alpha value is -5.72. The van der Waals surface area contributed by atoms with Gasteiger partial charge in [0, 0.05) is 5.41 Å². The highest BCUT2D eigenvalue weighted by Gasteiger charge is 2.37. The van der Waals surface area contributed by atoms with Crippen molar-refractivity contribution in [1.82, 2.24) is 0 Å². The van der Waals surface area contributed by atoms with Crippen molar-refractivity contribution >= 4 is 53.9 Å². The maximum absolute atomic E-state index is 2.50. The number of rotatable bonds is 2. The van der Waals surface area contributed by atoms with Gasteiger partial charge >= 0.3 is 0 Å². The van der Waals surface area contributed by atoms with Crippen LogP contribution in [0.4, 0.5) is 0 Å². The molecule has 0 saturated heterocycles. The molecular weight excluding hydrogens is 565 g/mol. The standard InChI is InChI=1S/C47H32/c1-47(2)42-28-34(23-24-37(42)40-25-21-31-13-6-8-16-36(31)46(40)47)43-38-17-9-10-18-39(38)44(33-20-19-29-11-3-4-14-32(29)27-33)45-35-15-7-5-12-30(35)22-26-41(43)45/h3-28H,1-2H3. The quantitative estimate of drug-likeness (QED) is 0.138. The van der Waals surface area contributed by atoms with Gasteiger partial charge in [-0.15, -0.1) is 0 Å². The van der Waals surface area contributed by atoms with Crippen molar-refractivity contribution in [1.29, 1.82) is 0 Å². The number of fused-ring (bicyclic) bond motifs is 10. The van der Waals surface area contributed by atoms with Crippen molar-refractivity contribution in [2.75, 3.05) is 0 Å². The lowest BCUT2D eigenvalue weighted by atomic mass is 9.78. The smallest absolute Gasteiger partial charge is 0.0165 e. The topological polar surface area (TPSA) is 0 Å². The third-order valence-electron chi connectivity index (χ3n) is 10.8. The minimum absolute atomic E-state index is 0.120. The molecule has 0 saturated carbocycles. The van der Waals surface area contributed by atoms with Crippen molar-refractivity contribution in [2.45, 2.75) is 19.3 Å². The first kappa shape index (κ1) is 26.5. The number of benzene rings is 9. The van der Waals surface area contributed by atoms with Gasteiger partial charge in [0.25, 0.3) is 0 Å². The van der Waals surface area contributed by atoms with Crippen molar-refractivity contribution in [2.24, 2.45) is 0 Å². The monoisotopic (exact) mass is 596 g/mol. The van der Waals surface area contributed by atoms with Gasteiger partial charge in [-0.25, -0.2) is 0 Å². The van der Waals surface area contributed by atoms with Crippen LogP contribution in [0.1, 0.15) is 25.0 Å². The molecule has 0 aliphatic heterocycles. The molecule has 0 radical (unpaired) electrons. The van der Waals surface area contributed by atoms with E-state index in [0.717, 1.165) is 0 Å². The molecule has 0 N–H and O–H groups in total. The second kappa shape index (κ2) is 9.64. The summed E-state index contributed by atoms with van der Waals surface area (Å²) in [6.07, 6.45) is 0. The van der Waals surface area contributed by atoms with Crippen LogP contribution in [-0.2, 0) is 5.41 Å². The number of hydrogen-bond donors (Lipinski definition) is 0. The predicted octanol–water partition coefficient (Wildman–Crippen LogP) is 13.1. The van der Waals surface area contributed by atoms with E-state index in [1.165, 1.54) is 98.4 Å². The fourth-order valence-corrected chi connectivity index (χ4v) is 8.66. The van der Waals surface area contributed by atoms with E-state index in [-0.39, 0.29) is 5.41 Å². The van der Waals surface area contributed by atoms with Gasteiger partial charge in [-0.2, -0.15) is 0 Å². The molecule has 0 nitrogen and oxygen atoms in total. The Labute approximate surface area is 274 Å². The van der Waals surface area contributed by atoms with E-state index < -0.39 is 0 Å². The Morgan fingerprint density at radius 1 is 0.362 bits per heavy atom. The Balaban J connectivity index is 1.31. The van der Waals surface area contributed by atoms with Crippen LogP contribution in [0.25, 0.3) is 87.2 Å². The molecular formula is C47H32. The molecule has 0 amide bonds. The summed E-state index contributed by atoms with van der Waals surface area (Å²) in [6, 6.07) is 58.9. The molecule has 1 aliphatic carbocycles. The first-order valence-electron chi connectivity index (χ1n) is 16.6. The van der Waals surface area contributed by atoms with E-state index in [2.05, 4.69) is 172 Å². The summed E-state index contributed by atoms with van der Waals surface area (Å²) in [5.74, 6) is 0. The molecule has 1 aliphatic rings. The second-order valence-corrected chi connectivity index (χ2v) is 13.7. The lowest BCUT2D eigenvalue weighted by molar-refractivity contribution is 0.666. The molecule has 9 aromatic rings. The van der Waals surface area contributed by atoms with Gasteiger partial charge < -0.3 is 0 Å². The van der Waals surface area contributed by atoms with E-state index >= 15 is 0 Å². The van der Waals surface area contributed by atoms with E-state index in [0.29, 0.717) is 0 Å². The van der Waals surface area contributed by atoms with E-state index in [9.17, 15) is 0 Å². The normalized spacial score (nSPS) is 13.5. The van der Waals surface area contributed by atoms with Gasteiger partial charge in [0.2, 0.25) is 0 Å². The maximum atomic E-state index is 2.50. The Morgan fingerprint density at radius 2 is 0.894 bits per heavy atom. The third kappa shape index (κ3) is 3.70. The van der Waals surface area contributed by atoms with Gasteiger partial charge in [0.05, 0.1) is 0 Å². The molecule has 0 heterocycles. The van der Waals surface area contributed by atoms with Crippen LogP contribution >= 0.6 is 0 Å². The summed E-state index contributed by atoms with van der Waals surface area (Å²) < 4.78 is 0. The van der Waals surface area contributed by atoms with Crippen LogP contribution in [0.2, 0.25) is 0 Å². The van der Waals surface area contributed by atoms with E-state index in [4.69, 9.17) is 0 Å². The molecule has 9 aromatic carbocycles. The predicted molar refractivity (Wildman–Crippen MR) is 202 cm³/mol. The van der Waals surface area contributed by atoms with Crippen LogP contribution < -0.4 is 0 Å². The molecule has 0 unspecified atom stereocenters. The zero-order valence-electron chi connectivity index (χ0n) is 26.5. The Kier molecular flexibility index (Phi) is 5.44. The molecule has 0 atom stereocenters. The summed E-state index contributed by atoms with van der Waals surface area (Å²) in [5, 5.41) is 12.9. The van der Waals surface area contributed by atoms with Crippen molar-refractivity contribution in [3.63, 3.8) is 0 Å². The molecule has 0 fully saturated rings. The van der Waals surface area contributed by atoms with E-state index in [1.807, 2.05) is 0 Å². The Morgan fingerprint density at radius 3 is 1.68 bits per heavy atom. The van der Waals surface area contributed by atoms with Gasteiger partial charge in [-0.3, -0.25) is 0 Å². The summed E-state index contributed by atoms with van der Waals surface area (Å²) in [5.41, 5.74) is 10.6. The van der Waals surface area contributed by atoms with E-state index in [1.54, 1.807) is 0 Å². The molecule has 0 heteroatoms. The summed E-state index contributed by atoms with van der Waals surface area (Å²) in [7, 11) is 0. The third-order valence-corrected chi connectivity index (χ3v) is 10.8. The molecule has 0 spiro atoms. The van der Waals surface area contributed by atoms with Gasteiger partial charge in [0.15, 0.2) is 0 Å². The second-order valence-electron chi connectivity index (χ2n) is 13.7.